The van der Waals surface area contributed by atoms with E-state index in [1.165, 1.54) is 6.08 Å². The molecule has 2 rings (SSSR count). The Hall–Kier alpha value is -2.56. The third-order valence-corrected chi connectivity index (χ3v) is 3.94. The Balaban J connectivity index is 2.47. The van der Waals surface area contributed by atoms with Gasteiger partial charge in [-0.1, -0.05) is 37.3 Å². The van der Waals surface area contributed by atoms with Crippen LogP contribution < -0.4 is 16.8 Å². The molecule has 0 radical (unpaired) electrons. The van der Waals surface area contributed by atoms with Crippen LogP contribution in [0.15, 0.2) is 53.8 Å². The number of hydrogen-bond acceptors (Lipinski definition) is 3. The Bertz CT molecular complexity index is 649. The maximum Gasteiger partial charge on any atom is 0.248 e. The van der Waals surface area contributed by atoms with Gasteiger partial charge in [0.1, 0.15) is 5.54 Å². The number of carbonyl (C=O) groups is 2. The molecule has 1 aromatic carbocycles. The molecule has 0 aliphatic carbocycles. The van der Waals surface area contributed by atoms with Gasteiger partial charge in [-0.2, -0.15) is 0 Å². The lowest BCUT2D eigenvalue weighted by atomic mass is 9.85. The van der Waals surface area contributed by atoms with E-state index in [0.717, 1.165) is 17.7 Å². The molecule has 0 spiro atoms. The van der Waals surface area contributed by atoms with E-state index in [-0.39, 0.29) is 5.92 Å². The Morgan fingerprint density at radius 2 is 1.86 bits per heavy atom. The lowest BCUT2D eigenvalue weighted by Gasteiger charge is -2.34. The lowest BCUT2D eigenvalue weighted by Crippen LogP contribution is -2.53. The Morgan fingerprint density at radius 1 is 1.23 bits per heavy atom. The molecule has 5 nitrogen and oxygen atoms in total. The van der Waals surface area contributed by atoms with Gasteiger partial charge in [0.25, 0.3) is 0 Å². The Labute approximate surface area is 130 Å². The highest BCUT2D eigenvalue weighted by Gasteiger charge is 2.35. The van der Waals surface area contributed by atoms with Crippen LogP contribution in [0, 0.1) is 0 Å². The molecular weight excluding hydrogens is 278 g/mol. The molecule has 0 saturated carbocycles. The molecule has 2 amide bonds. The quantitative estimate of drug-likeness (QED) is 0.764. The number of benzene rings is 1. The number of allylic oxidation sites excluding steroid dienone is 1. The molecule has 22 heavy (non-hydrogen) atoms. The van der Waals surface area contributed by atoms with Crippen LogP contribution in [0.3, 0.4) is 0 Å². The third-order valence-electron chi connectivity index (χ3n) is 3.94. The van der Waals surface area contributed by atoms with Crippen LogP contribution >= 0.6 is 0 Å². The summed E-state index contributed by atoms with van der Waals surface area (Å²) in [6.45, 7) is 3.69. The van der Waals surface area contributed by atoms with Crippen molar-refractivity contribution in [3.63, 3.8) is 0 Å². The van der Waals surface area contributed by atoms with Crippen LogP contribution in [0.4, 0.5) is 0 Å². The highest BCUT2D eigenvalue weighted by atomic mass is 16.2. The van der Waals surface area contributed by atoms with Crippen LogP contribution in [0.1, 0.15) is 31.7 Å². The zero-order valence-electron chi connectivity index (χ0n) is 12.8. The van der Waals surface area contributed by atoms with Crippen molar-refractivity contribution in [2.45, 2.75) is 31.7 Å². The average Bonchev–Trinajstić information content (AvgIpc) is 2.48. The van der Waals surface area contributed by atoms with Gasteiger partial charge in [-0.15, -0.1) is 0 Å². The number of nitrogens with one attached hydrogen (secondary N) is 1. The number of hydrogen-bond donors (Lipinski definition) is 3. The fourth-order valence-electron chi connectivity index (χ4n) is 2.68. The Morgan fingerprint density at radius 3 is 2.36 bits per heavy atom. The first-order chi connectivity index (χ1) is 10.4. The number of amides is 2. The van der Waals surface area contributed by atoms with Crippen molar-refractivity contribution in [3.8, 4) is 0 Å². The number of dihydropyridines is 1. The van der Waals surface area contributed by atoms with Gasteiger partial charge in [0.2, 0.25) is 11.8 Å². The van der Waals surface area contributed by atoms with E-state index < -0.39 is 17.4 Å². The van der Waals surface area contributed by atoms with E-state index in [1.54, 1.807) is 13.0 Å². The monoisotopic (exact) mass is 299 g/mol. The number of nitrogens with two attached hydrogens (primary N) is 2. The predicted octanol–water partition coefficient (Wildman–Crippen LogP) is 1.32. The van der Waals surface area contributed by atoms with Crippen LogP contribution in [-0.4, -0.2) is 17.4 Å². The maximum absolute atomic E-state index is 11.8. The van der Waals surface area contributed by atoms with Crippen molar-refractivity contribution in [1.82, 2.24) is 5.32 Å². The molecule has 0 fully saturated rings. The first-order valence-corrected chi connectivity index (χ1v) is 7.24. The molecule has 0 aromatic heterocycles. The van der Waals surface area contributed by atoms with Crippen molar-refractivity contribution in [1.29, 1.82) is 0 Å². The van der Waals surface area contributed by atoms with Gasteiger partial charge in [-0.05, 0) is 31.1 Å². The van der Waals surface area contributed by atoms with E-state index in [0.29, 0.717) is 5.57 Å². The molecule has 5 N–H and O–H groups in total. The molecule has 2 unspecified atom stereocenters. The van der Waals surface area contributed by atoms with E-state index in [1.807, 2.05) is 37.3 Å². The van der Waals surface area contributed by atoms with Crippen molar-refractivity contribution in [3.05, 3.63) is 59.3 Å². The van der Waals surface area contributed by atoms with E-state index in [4.69, 9.17) is 11.5 Å². The Kier molecular flexibility index (Phi) is 4.35. The van der Waals surface area contributed by atoms with Crippen LogP contribution in [0.5, 0.6) is 0 Å². The van der Waals surface area contributed by atoms with Crippen LogP contribution in [0.2, 0.25) is 0 Å². The summed E-state index contributed by atoms with van der Waals surface area (Å²) in [7, 11) is 0. The van der Waals surface area contributed by atoms with Crippen molar-refractivity contribution < 1.29 is 9.59 Å². The standard InChI is InChI=1S/C17H21N3O2/c1-3-13(11-7-5-4-6-8-11)14-9-12(15(18)21)10-17(2,20-14)16(19)22/h4-10,13,20H,3H2,1-2H3,(H2,18,21)(H2,19,22). The molecule has 0 saturated heterocycles. The zero-order valence-corrected chi connectivity index (χ0v) is 12.8. The van der Waals surface area contributed by atoms with Gasteiger partial charge >= 0.3 is 0 Å². The molecule has 116 valence electrons. The van der Waals surface area contributed by atoms with Gasteiger partial charge < -0.3 is 16.8 Å². The van der Waals surface area contributed by atoms with E-state index in [2.05, 4.69) is 5.32 Å². The lowest BCUT2D eigenvalue weighted by molar-refractivity contribution is -0.121. The maximum atomic E-state index is 11.8. The molecular formula is C17H21N3O2. The van der Waals surface area contributed by atoms with Crippen molar-refractivity contribution in [2.75, 3.05) is 0 Å². The van der Waals surface area contributed by atoms with Gasteiger partial charge in [-0.25, -0.2) is 0 Å². The summed E-state index contributed by atoms with van der Waals surface area (Å²) in [5.41, 5.74) is 11.9. The molecule has 2 atom stereocenters. The second-order valence-corrected chi connectivity index (χ2v) is 5.63. The summed E-state index contributed by atoms with van der Waals surface area (Å²) in [5, 5.41) is 3.17. The molecule has 1 aromatic rings. The van der Waals surface area contributed by atoms with Crippen LogP contribution in [0.25, 0.3) is 0 Å². The molecule has 1 heterocycles. The SMILES string of the molecule is CCC(C1=CC(C(N)=O)=CC(C)(C(N)=O)N1)c1ccccc1. The second-order valence-electron chi connectivity index (χ2n) is 5.63. The predicted molar refractivity (Wildman–Crippen MR) is 85.6 cm³/mol. The second kappa shape index (κ2) is 6.05. The topological polar surface area (TPSA) is 98.2 Å². The zero-order chi connectivity index (χ0) is 16.3. The normalized spacial score (nSPS) is 22.1. The summed E-state index contributed by atoms with van der Waals surface area (Å²) < 4.78 is 0. The summed E-state index contributed by atoms with van der Waals surface area (Å²) in [4.78, 5) is 23.4. The van der Waals surface area contributed by atoms with Gasteiger partial charge in [0.05, 0.1) is 0 Å². The van der Waals surface area contributed by atoms with Gasteiger partial charge in [-0.3, -0.25) is 9.59 Å². The van der Waals surface area contributed by atoms with Crippen molar-refractivity contribution in [2.24, 2.45) is 11.5 Å². The summed E-state index contributed by atoms with van der Waals surface area (Å²) in [6, 6.07) is 9.89. The highest BCUT2D eigenvalue weighted by Crippen LogP contribution is 2.31. The van der Waals surface area contributed by atoms with E-state index in [9.17, 15) is 9.59 Å². The minimum atomic E-state index is -1.13. The molecule has 1 aliphatic heterocycles. The minimum absolute atomic E-state index is 0.0305. The largest absolute Gasteiger partial charge is 0.371 e. The molecule has 0 bridgehead atoms. The molecule has 1 aliphatic rings. The fraction of sp³-hybridized carbons (Fsp3) is 0.294. The third kappa shape index (κ3) is 3.03. The fourth-order valence-corrected chi connectivity index (χ4v) is 2.68. The van der Waals surface area contributed by atoms with Crippen LogP contribution in [-0.2, 0) is 9.59 Å². The number of carbonyl (C=O) groups excluding carboxylic acids is 2. The minimum Gasteiger partial charge on any atom is -0.371 e. The number of rotatable bonds is 5. The highest BCUT2D eigenvalue weighted by molar-refractivity contribution is 5.98. The summed E-state index contributed by atoms with van der Waals surface area (Å²) in [5.74, 6) is -1.10. The average molecular weight is 299 g/mol. The van der Waals surface area contributed by atoms with E-state index >= 15 is 0 Å². The van der Waals surface area contributed by atoms with Gasteiger partial charge in [0.15, 0.2) is 0 Å². The molecule has 5 heteroatoms. The summed E-state index contributed by atoms with van der Waals surface area (Å²) in [6.07, 6.45) is 4.00. The van der Waals surface area contributed by atoms with Gasteiger partial charge in [0, 0.05) is 17.2 Å². The summed E-state index contributed by atoms with van der Waals surface area (Å²) >= 11 is 0. The number of primary amides is 2. The first kappa shape index (κ1) is 15.8. The van der Waals surface area contributed by atoms with Crippen molar-refractivity contribution >= 4 is 11.8 Å². The first-order valence-electron chi connectivity index (χ1n) is 7.24. The smallest absolute Gasteiger partial charge is 0.248 e.